The summed E-state index contributed by atoms with van der Waals surface area (Å²) in [4.78, 5) is 9.30. The predicted octanol–water partition coefficient (Wildman–Crippen LogP) is 4.24. The third kappa shape index (κ3) is 1.50. The molecule has 0 aliphatic heterocycles. The van der Waals surface area contributed by atoms with Crippen LogP contribution in [0.1, 0.15) is 5.56 Å². The minimum absolute atomic E-state index is 0.986. The molecule has 4 rings (SSSR count). The lowest BCUT2D eigenvalue weighted by Crippen LogP contribution is -1.88. The molecule has 0 spiro atoms. The van der Waals surface area contributed by atoms with Gasteiger partial charge in [0.1, 0.15) is 0 Å². The summed E-state index contributed by atoms with van der Waals surface area (Å²) in [5.41, 5.74) is 4.23. The molecule has 0 aliphatic carbocycles. The Balaban J connectivity index is 2.26. The summed E-state index contributed by atoms with van der Waals surface area (Å²) in [7, 11) is 0. The molecule has 2 aromatic carbocycles. The van der Waals surface area contributed by atoms with Crippen LogP contribution in [-0.4, -0.2) is 9.97 Å². The topological polar surface area (TPSA) is 25.8 Å². The molecule has 0 saturated carbocycles. The molecule has 4 aromatic rings. The van der Waals surface area contributed by atoms with Crippen LogP contribution in [0, 0.1) is 6.92 Å². The van der Waals surface area contributed by atoms with E-state index < -0.39 is 0 Å². The molecule has 19 heavy (non-hydrogen) atoms. The number of para-hydroxylation sites is 1. The van der Waals surface area contributed by atoms with Crippen molar-refractivity contribution in [2.45, 2.75) is 6.92 Å². The summed E-state index contributed by atoms with van der Waals surface area (Å²) in [5.74, 6) is 0. The number of hydrogen-bond acceptors (Lipinski definition) is 2. The van der Waals surface area contributed by atoms with Crippen molar-refractivity contribution < 1.29 is 0 Å². The molecule has 2 aromatic heterocycles. The normalized spacial score (nSPS) is 11.4. The maximum atomic E-state index is 4.78. The molecular formula is C17H12N2. The van der Waals surface area contributed by atoms with Crippen LogP contribution >= 0.6 is 0 Å². The van der Waals surface area contributed by atoms with E-state index in [1.54, 1.807) is 0 Å². The van der Waals surface area contributed by atoms with Gasteiger partial charge in [-0.05, 0) is 30.7 Å². The standard InChI is InChI=1S/C17H12N2/c1-11-8-9-18-17-14(11)7-6-13-10-12-4-2-3-5-15(12)19-16(13)17/h2-10H,1H3. The summed E-state index contributed by atoms with van der Waals surface area (Å²) in [6.45, 7) is 2.11. The monoisotopic (exact) mass is 244 g/mol. The average Bonchev–Trinajstić information content (AvgIpc) is 2.45. The first kappa shape index (κ1) is 10.4. The number of aryl methyl sites for hydroxylation is 1. The fourth-order valence-corrected chi connectivity index (χ4v) is 2.59. The third-order valence-corrected chi connectivity index (χ3v) is 3.62. The number of aromatic nitrogens is 2. The Morgan fingerprint density at radius 1 is 0.842 bits per heavy atom. The number of fused-ring (bicyclic) bond motifs is 4. The van der Waals surface area contributed by atoms with Crippen molar-refractivity contribution in [2.75, 3.05) is 0 Å². The molecule has 0 unspecified atom stereocenters. The maximum Gasteiger partial charge on any atom is 0.0972 e. The van der Waals surface area contributed by atoms with E-state index in [4.69, 9.17) is 4.98 Å². The Morgan fingerprint density at radius 3 is 2.68 bits per heavy atom. The van der Waals surface area contributed by atoms with Crippen molar-refractivity contribution in [1.82, 2.24) is 9.97 Å². The molecule has 0 fully saturated rings. The molecule has 0 N–H and O–H groups in total. The van der Waals surface area contributed by atoms with Crippen LogP contribution in [0.4, 0.5) is 0 Å². The van der Waals surface area contributed by atoms with Crippen molar-refractivity contribution in [2.24, 2.45) is 0 Å². The van der Waals surface area contributed by atoms with Gasteiger partial charge in [0.25, 0.3) is 0 Å². The van der Waals surface area contributed by atoms with E-state index in [1.165, 1.54) is 16.3 Å². The predicted molar refractivity (Wildman–Crippen MR) is 79.3 cm³/mol. The van der Waals surface area contributed by atoms with E-state index in [2.05, 4.69) is 36.2 Å². The zero-order valence-corrected chi connectivity index (χ0v) is 10.6. The van der Waals surface area contributed by atoms with E-state index in [9.17, 15) is 0 Å². The van der Waals surface area contributed by atoms with Gasteiger partial charge in [-0.25, -0.2) is 4.98 Å². The van der Waals surface area contributed by atoms with Gasteiger partial charge in [-0.2, -0.15) is 0 Å². The van der Waals surface area contributed by atoms with Crippen LogP contribution in [0.5, 0.6) is 0 Å². The Bertz CT molecular complexity index is 926. The summed E-state index contributed by atoms with van der Waals surface area (Å²) >= 11 is 0. The van der Waals surface area contributed by atoms with Crippen molar-refractivity contribution in [3.05, 3.63) is 60.3 Å². The van der Waals surface area contributed by atoms with Gasteiger partial charge < -0.3 is 0 Å². The molecule has 90 valence electrons. The first-order valence-electron chi connectivity index (χ1n) is 6.37. The molecule has 2 nitrogen and oxygen atoms in total. The van der Waals surface area contributed by atoms with Gasteiger partial charge in [0.05, 0.1) is 16.6 Å². The minimum atomic E-state index is 0.986. The molecule has 0 radical (unpaired) electrons. The Kier molecular flexibility index (Phi) is 2.06. The lowest BCUT2D eigenvalue weighted by molar-refractivity contribution is 1.37. The number of nitrogens with zero attached hydrogens (tertiary/aromatic N) is 2. The SMILES string of the molecule is Cc1ccnc2c1ccc1cc3ccccc3nc12. The smallest absolute Gasteiger partial charge is 0.0972 e. The lowest BCUT2D eigenvalue weighted by atomic mass is 10.1. The van der Waals surface area contributed by atoms with Gasteiger partial charge in [-0.15, -0.1) is 0 Å². The number of pyridine rings is 2. The van der Waals surface area contributed by atoms with Gasteiger partial charge in [-0.1, -0.05) is 30.3 Å². The molecule has 0 amide bonds. The maximum absolute atomic E-state index is 4.78. The highest BCUT2D eigenvalue weighted by molar-refractivity contribution is 6.07. The molecule has 2 heterocycles. The van der Waals surface area contributed by atoms with Crippen molar-refractivity contribution in [1.29, 1.82) is 0 Å². The molecule has 0 atom stereocenters. The second-order valence-electron chi connectivity index (χ2n) is 4.84. The second kappa shape index (κ2) is 3.75. The molecule has 0 saturated heterocycles. The second-order valence-corrected chi connectivity index (χ2v) is 4.84. The van der Waals surface area contributed by atoms with Crippen LogP contribution in [0.15, 0.2) is 54.7 Å². The Morgan fingerprint density at radius 2 is 1.74 bits per heavy atom. The number of benzene rings is 2. The van der Waals surface area contributed by atoms with E-state index in [1.807, 2.05) is 30.5 Å². The van der Waals surface area contributed by atoms with Crippen LogP contribution in [-0.2, 0) is 0 Å². The molecular weight excluding hydrogens is 232 g/mol. The highest BCUT2D eigenvalue weighted by atomic mass is 14.7. The van der Waals surface area contributed by atoms with Gasteiger partial charge >= 0.3 is 0 Å². The molecule has 0 aliphatic rings. The highest BCUT2D eigenvalue weighted by Crippen LogP contribution is 2.26. The largest absolute Gasteiger partial charge is 0.254 e. The Labute approximate surface area is 110 Å². The van der Waals surface area contributed by atoms with E-state index >= 15 is 0 Å². The number of hydrogen-bond donors (Lipinski definition) is 0. The van der Waals surface area contributed by atoms with E-state index in [0.717, 1.165) is 21.9 Å². The Hall–Kier alpha value is -2.48. The van der Waals surface area contributed by atoms with Gasteiger partial charge in [0, 0.05) is 22.4 Å². The van der Waals surface area contributed by atoms with Crippen LogP contribution in [0.25, 0.3) is 32.7 Å². The molecule has 0 bridgehead atoms. The van der Waals surface area contributed by atoms with Crippen molar-refractivity contribution in [3.63, 3.8) is 0 Å². The quantitative estimate of drug-likeness (QED) is 0.341. The first-order valence-corrected chi connectivity index (χ1v) is 6.37. The minimum Gasteiger partial charge on any atom is -0.254 e. The number of rotatable bonds is 0. The summed E-state index contributed by atoms with van der Waals surface area (Å²) in [5, 5.41) is 3.49. The fraction of sp³-hybridized carbons (Fsp3) is 0.0588. The molecule has 2 heteroatoms. The summed E-state index contributed by atoms with van der Waals surface area (Å²) in [6, 6.07) is 16.7. The summed E-state index contributed by atoms with van der Waals surface area (Å²) < 4.78 is 0. The van der Waals surface area contributed by atoms with Crippen molar-refractivity contribution in [3.8, 4) is 0 Å². The average molecular weight is 244 g/mol. The zero-order chi connectivity index (χ0) is 12.8. The lowest BCUT2D eigenvalue weighted by Gasteiger charge is -2.06. The third-order valence-electron chi connectivity index (χ3n) is 3.62. The van der Waals surface area contributed by atoms with Crippen LogP contribution < -0.4 is 0 Å². The van der Waals surface area contributed by atoms with Crippen LogP contribution in [0.3, 0.4) is 0 Å². The highest BCUT2D eigenvalue weighted by Gasteiger charge is 2.06. The van der Waals surface area contributed by atoms with Crippen LogP contribution in [0.2, 0.25) is 0 Å². The fourth-order valence-electron chi connectivity index (χ4n) is 2.59. The van der Waals surface area contributed by atoms with Crippen molar-refractivity contribution >= 4 is 32.7 Å². The van der Waals surface area contributed by atoms with E-state index in [0.29, 0.717) is 0 Å². The van der Waals surface area contributed by atoms with Gasteiger partial charge in [0.15, 0.2) is 0 Å². The zero-order valence-electron chi connectivity index (χ0n) is 10.6. The van der Waals surface area contributed by atoms with Gasteiger partial charge in [-0.3, -0.25) is 4.98 Å². The van der Waals surface area contributed by atoms with E-state index in [-0.39, 0.29) is 0 Å². The summed E-state index contributed by atoms with van der Waals surface area (Å²) in [6.07, 6.45) is 1.86. The first-order chi connectivity index (χ1) is 9.33. The van der Waals surface area contributed by atoms with Gasteiger partial charge in [0.2, 0.25) is 0 Å².